The maximum absolute atomic E-state index is 12.5. The summed E-state index contributed by atoms with van der Waals surface area (Å²) in [6, 6.07) is 5.31. The third kappa shape index (κ3) is 3.00. The molecule has 8 nitrogen and oxygen atoms in total. The lowest BCUT2D eigenvalue weighted by atomic mass is 10.1. The van der Waals surface area contributed by atoms with E-state index in [1.54, 1.807) is 12.1 Å². The average molecular weight is 331 g/mol. The van der Waals surface area contributed by atoms with Gasteiger partial charge in [-0.3, -0.25) is 14.2 Å². The summed E-state index contributed by atoms with van der Waals surface area (Å²) in [4.78, 5) is 41.5. The van der Waals surface area contributed by atoms with E-state index in [9.17, 15) is 14.4 Å². The molecule has 0 saturated carbocycles. The largest absolute Gasteiger partial charge is 0.479 e. The number of carbonyl (C=O) groups excluding carboxylic acids is 1. The van der Waals surface area contributed by atoms with Crippen molar-refractivity contribution in [3.05, 3.63) is 40.4 Å². The topological polar surface area (TPSA) is 102 Å². The van der Waals surface area contributed by atoms with Crippen LogP contribution in [0.3, 0.4) is 0 Å². The van der Waals surface area contributed by atoms with Crippen LogP contribution >= 0.6 is 0 Å². The molecule has 1 aromatic carbocycles. The SMILES string of the molecule is Cc1cccc2c(=O)n(CC(=O)N3CCOC(C(=O)O)C3)cnc12. The van der Waals surface area contributed by atoms with Crippen molar-refractivity contribution in [3.63, 3.8) is 0 Å². The second-order valence-corrected chi connectivity index (χ2v) is 5.69. The summed E-state index contributed by atoms with van der Waals surface area (Å²) < 4.78 is 6.34. The number of aliphatic carboxylic acids is 1. The van der Waals surface area contributed by atoms with Gasteiger partial charge >= 0.3 is 5.97 Å². The molecule has 1 aromatic heterocycles. The first-order chi connectivity index (χ1) is 11.5. The molecule has 1 atom stereocenters. The second kappa shape index (κ2) is 6.40. The maximum Gasteiger partial charge on any atom is 0.334 e. The summed E-state index contributed by atoms with van der Waals surface area (Å²) >= 11 is 0. The fraction of sp³-hybridized carbons (Fsp3) is 0.375. The van der Waals surface area contributed by atoms with Crippen molar-refractivity contribution in [2.75, 3.05) is 19.7 Å². The van der Waals surface area contributed by atoms with Crippen LogP contribution in [0, 0.1) is 6.92 Å². The van der Waals surface area contributed by atoms with Crippen LogP contribution in [0.1, 0.15) is 5.56 Å². The first-order valence-electron chi connectivity index (χ1n) is 7.54. The van der Waals surface area contributed by atoms with Crippen LogP contribution in [-0.2, 0) is 20.9 Å². The van der Waals surface area contributed by atoms with Gasteiger partial charge in [-0.25, -0.2) is 9.78 Å². The summed E-state index contributed by atoms with van der Waals surface area (Å²) in [5.74, 6) is -1.44. The molecular formula is C16H17N3O5. The van der Waals surface area contributed by atoms with Crippen LogP contribution in [0.2, 0.25) is 0 Å². The van der Waals surface area contributed by atoms with Gasteiger partial charge in [-0.15, -0.1) is 0 Å². The molecule has 1 saturated heterocycles. The summed E-state index contributed by atoms with van der Waals surface area (Å²) in [7, 11) is 0. The predicted molar refractivity (Wildman–Crippen MR) is 84.7 cm³/mol. The number of carboxylic acid groups (broad SMARTS) is 1. The Hall–Kier alpha value is -2.74. The maximum atomic E-state index is 12.5. The van der Waals surface area contributed by atoms with Gasteiger partial charge in [0.15, 0.2) is 6.10 Å². The monoisotopic (exact) mass is 331 g/mol. The Bertz CT molecular complexity index is 860. The van der Waals surface area contributed by atoms with Gasteiger partial charge in [0, 0.05) is 6.54 Å². The van der Waals surface area contributed by atoms with E-state index >= 15 is 0 Å². The van der Waals surface area contributed by atoms with Gasteiger partial charge in [0.2, 0.25) is 5.91 Å². The molecule has 1 unspecified atom stereocenters. The molecule has 1 N–H and O–H groups in total. The van der Waals surface area contributed by atoms with E-state index in [0.717, 1.165) is 5.56 Å². The van der Waals surface area contributed by atoms with Gasteiger partial charge in [0.1, 0.15) is 6.54 Å². The summed E-state index contributed by atoms with van der Waals surface area (Å²) in [6.07, 6.45) is 0.321. The van der Waals surface area contributed by atoms with Crippen LogP contribution in [0.4, 0.5) is 0 Å². The fourth-order valence-corrected chi connectivity index (χ4v) is 2.72. The van der Waals surface area contributed by atoms with Crippen LogP contribution in [0.15, 0.2) is 29.3 Å². The van der Waals surface area contributed by atoms with Gasteiger partial charge in [0.25, 0.3) is 5.56 Å². The molecule has 0 bridgehead atoms. The van der Waals surface area contributed by atoms with Gasteiger partial charge in [-0.2, -0.15) is 0 Å². The van der Waals surface area contributed by atoms with Crippen molar-refractivity contribution < 1.29 is 19.4 Å². The first-order valence-corrected chi connectivity index (χ1v) is 7.54. The molecular weight excluding hydrogens is 314 g/mol. The molecule has 3 rings (SSSR count). The Morgan fingerprint density at radius 2 is 2.21 bits per heavy atom. The van der Waals surface area contributed by atoms with Gasteiger partial charge in [-0.1, -0.05) is 12.1 Å². The predicted octanol–water partition coefficient (Wildman–Crippen LogP) is 0.0169. The van der Waals surface area contributed by atoms with Crippen LogP contribution < -0.4 is 5.56 Å². The number of nitrogens with zero attached hydrogens (tertiary/aromatic N) is 3. The van der Waals surface area contributed by atoms with Crippen molar-refractivity contribution in [2.24, 2.45) is 0 Å². The number of fused-ring (bicyclic) bond motifs is 1. The molecule has 1 amide bonds. The Balaban J connectivity index is 1.82. The molecule has 2 heterocycles. The highest BCUT2D eigenvalue weighted by atomic mass is 16.5. The van der Waals surface area contributed by atoms with Gasteiger partial charge < -0.3 is 14.7 Å². The van der Waals surface area contributed by atoms with Crippen LogP contribution in [-0.4, -0.2) is 57.2 Å². The number of ether oxygens (including phenoxy) is 1. The Morgan fingerprint density at radius 1 is 1.42 bits per heavy atom. The quantitative estimate of drug-likeness (QED) is 0.850. The summed E-state index contributed by atoms with van der Waals surface area (Å²) in [6.45, 7) is 2.12. The van der Waals surface area contributed by atoms with E-state index in [4.69, 9.17) is 9.84 Å². The molecule has 0 spiro atoms. The molecule has 0 aliphatic carbocycles. The number of carbonyl (C=O) groups is 2. The molecule has 126 valence electrons. The lowest BCUT2D eigenvalue weighted by molar-refractivity contribution is -0.159. The number of amides is 1. The minimum atomic E-state index is -1.10. The number of aromatic nitrogens is 2. The number of aryl methyl sites for hydroxylation is 1. The van der Waals surface area contributed by atoms with E-state index in [1.807, 2.05) is 13.0 Å². The summed E-state index contributed by atoms with van der Waals surface area (Å²) in [5, 5.41) is 9.44. The standard InChI is InChI=1S/C16H17N3O5/c1-10-3-2-4-11-14(10)17-9-19(15(11)21)8-13(20)18-5-6-24-12(7-18)16(22)23/h2-4,9,12H,5-8H2,1H3,(H,22,23). The number of rotatable bonds is 3. The Morgan fingerprint density at radius 3 is 2.96 bits per heavy atom. The highest BCUT2D eigenvalue weighted by Gasteiger charge is 2.29. The third-order valence-electron chi connectivity index (χ3n) is 4.06. The molecule has 1 aliphatic rings. The van der Waals surface area contributed by atoms with E-state index in [-0.39, 0.29) is 31.2 Å². The average Bonchev–Trinajstić information content (AvgIpc) is 2.58. The van der Waals surface area contributed by atoms with Crippen LogP contribution in [0.25, 0.3) is 10.9 Å². The fourth-order valence-electron chi connectivity index (χ4n) is 2.72. The van der Waals surface area contributed by atoms with Gasteiger partial charge in [0.05, 0.1) is 30.4 Å². The van der Waals surface area contributed by atoms with Crippen LogP contribution in [0.5, 0.6) is 0 Å². The molecule has 1 aliphatic heterocycles. The lowest BCUT2D eigenvalue weighted by Gasteiger charge is -2.31. The summed E-state index contributed by atoms with van der Waals surface area (Å²) in [5.41, 5.74) is 1.21. The number of benzene rings is 1. The van der Waals surface area contributed by atoms with Crippen molar-refractivity contribution in [1.82, 2.24) is 14.5 Å². The molecule has 1 fully saturated rings. The molecule has 2 aromatic rings. The highest BCUT2D eigenvalue weighted by molar-refractivity contribution is 5.81. The lowest BCUT2D eigenvalue weighted by Crippen LogP contribution is -2.49. The zero-order chi connectivity index (χ0) is 17.3. The third-order valence-corrected chi connectivity index (χ3v) is 4.06. The Kier molecular flexibility index (Phi) is 4.30. The minimum absolute atomic E-state index is 0.0248. The number of carboxylic acids is 1. The number of para-hydroxylation sites is 1. The second-order valence-electron chi connectivity index (χ2n) is 5.69. The zero-order valence-corrected chi connectivity index (χ0v) is 13.1. The minimum Gasteiger partial charge on any atom is -0.479 e. The van der Waals surface area contributed by atoms with Crippen molar-refractivity contribution in [1.29, 1.82) is 0 Å². The van der Waals surface area contributed by atoms with Gasteiger partial charge in [-0.05, 0) is 18.6 Å². The molecule has 8 heteroatoms. The normalized spacial score (nSPS) is 17.9. The van der Waals surface area contributed by atoms with E-state index in [2.05, 4.69) is 4.98 Å². The smallest absolute Gasteiger partial charge is 0.334 e. The van der Waals surface area contributed by atoms with Crippen molar-refractivity contribution in [2.45, 2.75) is 19.6 Å². The van der Waals surface area contributed by atoms with Crippen molar-refractivity contribution >= 4 is 22.8 Å². The van der Waals surface area contributed by atoms with E-state index in [1.165, 1.54) is 15.8 Å². The number of hydrogen-bond donors (Lipinski definition) is 1. The number of morpholine rings is 1. The first kappa shape index (κ1) is 16.1. The van der Waals surface area contributed by atoms with E-state index in [0.29, 0.717) is 17.4 Å². The number of hydrogen-bond acceptors (Lipinski definition) is 5. The highest BCUT2D eigenvalue weighted by Crippen LogP contribution is 2.11. The zero-order valence-electron chi connectivity index (χ0n) is 13.1. The molecule has 24 heavy (non-hydrogen) atoms. The van der Waals surface area contributed by atoms with E-state index < -0.39 is 12.1 Å². The molecule has 0 radical (unpaired) electrons. The van der Waals surface area contributed by atoms with Crippen molar-refractivity contribution in [3.8, 4) is 0 Å². The Labute approximate surface area is 137 Å².